The van der Waals surface area contributed by atoms with E-state index in [9.17, 15) is 4.79 Å². The van der Waals surface area contributed by atoms with Gasteiger partial charge in [0.05, 0.1) is 12.5 Å². The summed E-state index contributed by atoms with van der Waals surface area (Å²) in [6, 6.07) is 8.38. The van der Waals surface area contributed by atoms with Crippen LogP contribution in [0, 0.1) is 0 Å². The van der Waals surface area contributed by atoms with Crippen molar-refractivity contribution in [3.8, 4) is 0 Å². The highest BCUT2D eigenvalue weighted by molar-refractivity contribution is 5.86. The zero-order valence-electron chi connectivity index (χ0n) is 9.95. The van der Waals surface area contributed by atoms with Gasteiger partial charge in [-0.1, -0.05) is 37.6 Å². The van der Waals surface area contributed by atoms with Crippen LogP contribution in [-0.2, 0) is 21.4 Å². The van der Waals surface area contributed by atoms with Gasteiger partial charge in [-0.15, -0.1) is 0 Å². The number of benzene rings is 1. The maximum absolute atomic E-state index is 11.7. The molecule has 1 aromatic carbocycles. The number of rotatable bonds is 4. The van der Waals surface area contributed by atoms with Gasteiger partial charge < -0.3 is 4.74 Å². The Balaban J connectivity index is 2.27. The van der Waals surface area contributed by atoms with E-state index in [1.54, 1.807) is 0 Å². The SMILES string of the molecule is CCCc1cccc(C2(C(=O)OC)CC2)c1. The van der Waals surface area contributed by atoms with Gasteiger partial charge in [0.15, 0.2) is 0 Å². The molecule has 1 aliphatic rings. The van der Waals surface area contributed by atoms with Crippen LogP contribution < -0.4 is 0 Å². The number of hydrogen-bond acceptors (Lipinski definition) is 2. The Kier molecular flexibility index (Phi) is 2.99. The smallest absolute Gasteiger partial charge is 0.316 e. The van der Waals surface area contributed by atoms with E-state index >= 15 is 0 Å². The molecule has 1 aliphatic carbocycles. The first-order valence-electron chi connectivity index (χ1n) is 5.91. The second-order valence-electron chi connectivity index (χ2n) is 4.52. The van der Waals surface area contributed by atoms with E-state index in [1.807, 2.05) is 12.1 Å². The quantitative estimate of drug-likeness (QED) is 0.726. The first kappa shape index (κ1) is 11.2. The predicted octanol–water partition coefficient (Wildman–Crippen LogP) is 2.84. The molecule has 0 aromatic heterocycles. The number of esters is 1. The predicted molar refractivity (Wildman–Crippen MR) is 63.4 cm³/mol. The number of ether oxygens (including phenoxy) is 1. The third kappa shape index (κ3) is 1.84. The lowest BCUT2D eigenvalue weighted by Crippen LogP contribution is -2.21. The standard InChI is InChI=1S/C14H18O2/c1-3-5-11-6-4-7-12(10-11)14(8-9-14)13(15)16-2/h4,6-7,10H,3,5,8-9H2,1-2H3. The largest absolute Gasteiger partial charge is 0.468 e. The van der Waals surface area contributed by atoms with E-state index in [0.717, 1.165) is 31.2 Å². The first-order valence-corrected chi connectivity index (χ1v) is 5.91. The molecule has 0 saturated heterocycles. The summed E-state index contributed by atoms with van der Waals surface area (Å²) in [6.07, 6.45) is 4.06. The van der Waals surface area contributed by atoms with Crippen LogP contribution in [0.3, 0.4) is 0 Å². The van der Waals surface area contributed by atoms with Gasteiger partial charge in [-0.05, 0) is 30.4 Å². The molecule has 16 heavy (non-hydrogen) atoms. The average molecular weight is 218 g/mol. The second kappa shape index (κ2) is 4.28. The Morgan fingerprint density at radius 2 is 2.19 bits per heavy atom. The summed E-state index contributed by atoms with van der Waals surface area (Å²) >= 11 is 0. The van der Waals surface area contributed by atoms with Crippen molar-refractivity contribution in [2.24, 2.45) is 0 Å². The van der Waals surface area contributed by atoms with E-state index in [0.29, 0.717) is 0 Å². The lowest BCUT2D eigenvalue weighted by atomic mass is 9.93. The molecule has 1 fully saturated rings. The molecule has 1 aromatic rings. The average Bonchev–Trinajstić information content (AvgIpc) is 3.10. The van der Waals surface area contributed by atoms with Crippen LogP contribution >= 0.6 is 0 Å². The number of hydrogen-bond donors (Lipinski definition) is 0. The number of aryl methyl sites for hydroxylation is 1. The zero-order chi connectivity index (χ0) is 11.6. The number of carbonyl (C=O) groups is 1. The van der Waals surface area contributed by atoms with Crippen LogP contribution in [-0.4, -0.2) is 13.1 Å². The van der Waals surface area contributed by atoms with Crippen molar-refractivity contribution < 1.29 is 9.53 Å². The summed E-state index contributed by atoms with van der Waals surface area (Å²) in [4.78, 5) is 11.7. The summed E-state index contributed by atoms with van der Waals surface area (Å²) < 4.78 is 4.89. The zero-order valence-corrected chi connectivity index (χ0v) is 9.95. The molecule has 2 nitrogen and oxygen atoms in total. The van der Waals surface area contributed by atoms with Crippen LogP contribution in [0.15, 0.2) is 24.3 Å². The van der Waals surface area contributed by atoms with Crippen LogP contribution in [0.1, 0.15) is 37.3 Å². The van der Waals surface area contributed by atoms with Gasteiger partial charge in [0, 0.05) is 0 Å². The topological polar surface area (TPSA) is 26.3 Å². The number of carbonyl (C=O) groups excluding carboxylic acids is 1. The molecule has 2 heteroatoms. The van der Waals surface area contributed by atoms with Crippen LogP contribution in [0.2, 0.25) is 0 Å². The molecule has 1 saturated carbocycles. The van der Waals surface area contributed by atoms with E-state index in [-0.39, 0.29) is 11.4 Å². The molecule has 0 amide bonds. The van der Waals surface area contributed by atoms with Crippen molar-refractivity contribution in [2.45, 2.75) is 38.0 Å². The highest BCUT2D eigenvalue weighted by Gasteiger charge is 2.52. The van der Waals surface area contributed by atoms with Gasteiger partial charge >= 0.3 is 5.97 Å². The van der Waals surface area contributed by atoms with E-state index in [4.69, 9.17) is 4.74 Å². The van der Waals surface area contributed by atoms with E-state index in [1.165, 1.54) is 12.7 Å². The van der Waals surface area contributed by atoms with Crippen molar-refractivity contribution in [1.82, 2.24) is 0 Å². The minimum absolute atomic E-state index is 0.0823. The third-order valence-electron chi connectivity index (χ3n) is 3.34. The molecule has 0 heterocycles. The molecule has 0 radical (unpaired) electrons. The Bertz CT molecular complexity index is 391. The van der Waals surface area contributed by atoms with Crippen molar-refractivity contribution in [2.75, 3.05) is 7.11 Å². The maximum atomic E-state index is 11.7. The van der Waals surface area contributed by atoms with E-state index in [2.05, 4.69) is 19.1 Å². The molecule has 0 bridgehead atoms. The Morgan fingerprint density at radius 3 is 2.75 bits per heavy atom. The van der Waals surface area contributed by atoms with Gasteiger partial charge in [0.2, 0.25) is 0 Å². The highest BCUT2D eigenvalue weighted by atomic mass is 16.5. The Hall–Kier alpha value is -1.31. The number of methoxy groups -OCH3 is 1. The monoisotopic (exact) mass is 218 g/mol. The lowest BCUT2D eigenvalue weighted by molar-refractivity contribution is -0.143. The molecule has 0 unspecified atom stereocenters. The van der Waals surface area contributed by atoms with E-state index < -0.39 is 0 Å². The summed E-state index contributed by atoms with van der Waals surface area (Å²) in [6.45, 7) is 2.17. The van der Waals surface area contributed by atoms with Crippen LogP contribution in [0.25, 0.3) is 0 Å². The summed E-state index contributed by atoms with van der Waals surface area (Å²) in [7, 11) is 1.47. The van der Waals surface area contributed by atoms with Crippen molar-refractivity contribution in [3.05, 3.63) is 35.4 Å². The van der Waals surface area contributed by atoms with Crippen molar-refractivity contribution >= 4 is 5.97 Å². The summed E-state index contributed by atoms with van der Waals surface area (Å²) in [5.74, 6) is -0.0823. The molecule has 0 N–H and O–H groups in total. The van der Waals surface area contributed by atoms with Gasteiger partial charge in [0.25, 0.3) is 0 Å². The minimum atomic E-state index is -0.321. The van der Waals surface area contributed by atoms with Crippen LogP contribution in [0.4, 0.5) is 0 Å². The Labute approximate surface area is 96.6 Å². The fourth-order valence-corrected chi connectivity index (χ4v) is 2.24. The fraction of sp³-hybridized carbons (Fsp3) is 0.500. The Morgan fingerprint density at radius 1 is 1.44 bits per heavy atom. The molecule has 0 aliphatic heterocycles. The highest BCUT2D eigenvalue weighted by Crippen LogP contribution is 2.49. The molecule has 2 rings (SSSR count). The molecular weight excluding hydrogens is 200 g/mol. The minimum Gasteiger partial charge on any atom is -0.468 e. The van der Waals surface area contributed by atoms with Gasteiger partial charge in [-0.3, -0.25) is 4.79 Å². The first-order chi connectivity index (χ1) is 7.73. The summed E-state index contributed by atoms with van der Waals surface area (Å²) in [5.41, 5.74) is 2.12. The maximum Gasteiger partial charge on any atom is 0.316 e. The third-order valence-corrected chi connectivity index (χ3v) is 3.34. The van der Waals surface area contributed by atoms with Crippen molar-refractivity contribution in [1.29, 1.82) is 0 Å². The fourth-order valence-electron chi connectivity index (χ4n) is 2.24. The van der Waals surface area contributed by atoms with Gasteiger partial charge in [-0.25, -0.2) is 0 Å². The molecular formula is C14H18O2. The van der Waals surface area contributed by atoms with Crippen LogP contribution in [0.5, 0.6) is 0 Å². The van der Waals surface area contributed by atoms with Gasteiger partial charge in [-0.2, -0.15) is 0 Å². The summed E-state index contributed by atoms with van der Waals surface area (Å²) in [5, 5.41) is 0. The molecule has 86 valence electrons. The van der Waals surface area contributed by atoms with Gasteiger partial charge in [0.1, 0.15) is 0 Å². The van der Waals surface area contributed by atoms with Crippen molar-refractivity contribution in [3.63, 3.8) is 0 Å². The second-order valence-corrected chi connectivity index (χ2v) is 4.52. The molecule has 0 atom stereocenters. The molecule has 0 spiro atoms. The lowest BCUT2D eigenvalue weighted by Gasteiger charge is -2.13. The normalized spacial score (nSPS) is 16.9.